The topological polar surface area (TPSA) is 50.9 Å². The zero-order valence-corrected chi connectivity index (χ0v) is 13.5. The maximum Gasteiger partial charge on any atom is 0.180 e. The molecule has 0 aliphatic heterocycles. The van der Waals surface area contributed by atoms with Crippen LogP contribution in [0.3, 0.4) is 0 Å². The number of fused-ring (bicyclic) bond motifs is 2. The van der Waals surface area contributed by atoms with Crippen LogP contribution in [0, 0.1) is 16.7 Å². The number of halogens is 1. The lowest BCUT2D eigenvalue weighted by Crippen LogP contribution is -2.44. The molecule has 3 rings (SSSR count). The first-order valence-corrected chi connectivity index (χ1v) is 7.69. The molecule has 3 unspecified atom stereocenters. The normalized spacial score (nSPS) is 35.3. The number of aromatic nitrogens is 1. The van der Waals surface area contributed by atoms with Gasteiger partial charge >= 0.3 is 0 Å². The Bertz CT molecular complexity index is 459. The van der Waals surface area contributed by atoms with Gasteiger partial charge in [-0.25, -0.2) is 4.98 Å². The van der Waals surface area contributed by atoms with Crippen LogP contribution in [0.5, 0.6) is 0 Å². The summed E-state index contributed by atoms with van der Waals surface area (Å²) in [5.74, 6) is 0.895. The Morgan fingerprint density at radius 3 is 2.68 bits per heavy atom. The highest BCUT2D eigenvalue weighted by Gasteiger charge is 2.60. The zero-order valence-electron chi connectivity index (χ0n) is 11.9. The van der Waals surface area contributed by atoms with E-state index in [0.29, 0.717) is 22.0 Å². The van der Waals surface area contributed by atoms with Crippen LogP contribution >= 0.6 is 23.7 Å². The number of hydrogen-bond donors (Lipinski definition) is 2. The van der Waals surface area contributed by atoms with Crippen LogP contribution in [0.25, 0.3) is 0 Å². The maximum absolute atomic E-state index is 5.67. The number of nitrogens with two attached hydrogens (primary N) is 1. The fourth-order valence-electron chi connectivity index (χ4n) is 4.14. The van der Waals surface area contributed by atoms with Crippen molar-refractivity contribution in [2.45, 2.75) is 52.6 Å². The van der Waals surface area contributed by atoms with E-state index in [1.54, 1.807) is 11.3 Å². The molecule has 2 aliphatic rings. The van der Waals surface area contributed by atoms with Crippen molar-refractivity contribution in [2.24, 2.45) is 16.7 Å². The van der Waals surface area contributed by atoms with Gasteiger partial charge in [-0.2, -0.15) is 0 Å². The van der Waals surface area contributed by atoms with Crippen molar-refractivity contribution in [2.75, 3.05) is 5.73 Å². The molecule has 0 aromatic carbocycles. The highest BCUT2D eigenvalue weighted by molar-refractivity contribution is 7.15. The third-order valence-electron chi connectivity index (χ3n) is 5.89. The summed E-state index contributed by atoms with van der Waals surface area (Å²) in [6.45, 7) is 8.30. The Morgan fingerprint density at radius 2 is 2.21 bits per heavy atom. The minimum absolute atomic E-state index is 0. The standard InChI is InChI=1S/C14H23N3S.ClH/c1-13(2)9-4-5-14(13,3)11(6-9)16-7-10-8-17-12(15)18-10;/h8-9,11,16H,4-7H2,1-3H3,(H2,15,17);1H. The molecule has 3 N–H and O–H groups in total. The van der Waals surface area contributed by atoms with E-state index in [9.17, 15) is 0 Å². The van der Waals surface area contributed by atoms with Crippen molar-refractivity contribution in [3.05, 3.63) is 11.1 Å². The molecule has 2 fully saturated rings. The first-order valence-electron chi connectivity index (χ1n) is 6.87. The first-order chi connectivity index (χ1) is 8.43. The summed E-state index contributed by atoms with van der Waals surface area (Å²) in [7, 11) is 0. The molecule has 1 heterocycles. The minimum atomic E-state index is 0. The highest BCUT2D eigenvalue weighted by Crippen LogP contribution is 2.65. The van der Waals surface area contributed by atoms with Gasteiger partial charge in [0, 0.05) is 23.7 Å². The fourth-order valence-corrected chi connectivity index (χ4v) is 4.78. The number of nitrogen functional groups attached to an aromatic ring is 1. The summed E-state index contributed by atoms with van der Waals surface area (Å²) in [6.07, 6.45) is 6.01. The number of thiazole rings is 1. The minimum Gasteiger partial charge on any atom is -0.375 e. The zero-order chi connectivity index (χ0) is 13.0. The number of rotatable bonds is 3. The van der Waals surface area contributed by atoms with Crippen molar-refractivity contribution >= 4 is 28.9 Å². The molecule has 0 spiro atoms. The van der Waals surface area contributed by atoms with Gasteiger partial charge in [0.15, 0.2) is 5.13 Å². The first kappa shape index (κ1) is 15.1. The summed E-state index contributed by atoms with van der Waals surface area (Å²) in [4.78, 5) is 5.36. The van der Waals surface area contributed by atoms with Crippen molar-refractivity contribution < 1.29 is 0 Å². The van der Waals surface area contributed by atoms with Crippen LogP contribution in [0.4, 0.5) is 5.13 Å². The van der Waals surface area contributed by atoms with Crippen LogP contribution < -0.4 is 11.1 Å². The van der Waals surface area contributed by atoms with Crippen molar-refractivity contribution in [3.8, 4) is 0 Å². The Kier molecular flexibility index (Phi) is 3.89. The molecule has 108 valence electrons. The number of anilines is 1. The maximum atomic E-state index is 5.67. The summed E-state index contributed by atoms with van der Waals surface area (Å²) >= 11 is 1.59. The fraction of sp³-hybridized carbons (Fsp3) is 0.786. The van der Waals surface area contributed by atoms with Gasteiger partial charge in [0.05, 0.1) is 0 Å². The third-order valence-corrected chi connectivity index (χ3v) is 6.71. The summed E-state index contributed by atoms with van der Waals surface area (Å²) in [6, 6.07) is 0.648. The molecule has 2 aliphatic carbocycles. The van der Waals surface area contributed by atoms with Gasteiger partial charge in [0.25, 0.3) is 0 Å². The Balaban J connectivity index is 0.00000133. The molecule has 3 atom stereocenters. The summed E-state index contributed by atoms with van der Waals surface area (Å²) < 4.78 is 0. The van der Waals surface area contributed by atoms with E-state index in [1.165, 1.54) is 24.1 Å². The van der Waals surface area contributed by atoms with Gasteiger partial charge in [0.1, 0.15) is 0 Å². The Morgan fingerprint density at radius 1 is 1.47 bits per heavy atom. The lowest BCUT2D eigenvalue weighted by Gasteiger charge is -2.39. The van der Waals surface area contributed by atoms with E-state index in [-0.39, 0.29) is 12.4 Å². The predicted molar refractivity (Wildman–Crippen MR) is 83.6 cm³/mol. The van der Waals surface area contributed by atoms with E-state index in [2.05, 4.69) is 31.1 Å². The molecule has 1 aromatic rings. The van der Waals surface area contributed by atoms with Crippen LogP contribution in [0.1, 0.15) is 44.9 Å². The highest BCUT2D eigenvalue weighted by atomic mass is 35.5. The molecule has 0 saturated heterocycles. The SMILES string of the molecule is CC1(C)C2CCC1(C)C(NCc1cnc(N)s1)C2.Cl. The van der Waals surface area contributed by atoms with Crippen LogP contribution in [-0.2, 0) is 6.54 Å². The van der Waals surface area contributed by atoms with E-state index < -0.39 is 0 Å². The second-order valence-electron chi connectivity index (χ2n) is 6.71. The molecule has 0 amide bonds. The second kappa shape index (κ2) is 4.90. The van der Waals surface area contributed by atoms with Crippen LogP contribution in [-0.4, -0.2) is 11.0 Å². The Hall–Kier alpha value is -0.320. The smallest absolute Gasteiger partial charge is 0.180 e. The van der Waals surface area contributed by atoms with Gasteiger partial charge in [-0.15, -0.1) is 23.7 Å². The van der Waals surface area contributed by atoms with Crippen molar-refractivity contribution in [3.63, 3.8) is 0 Å². The summed E-state index contributed by atoms with van der Waals surface area (Å²) in [5, 5.41) is 4.43. The number of nitrogens with one attached hydrogen (secondary N) is 1. The summed E-state index contributed by atoms with van der Waals surface area (Å²) in [5.41, 5.74) is 6.61. The quantitative estimate of drug-likeness (QED) is 0.899. The molecular formula is C14H24ClN3S. The molecule has 2 bridgehead atoms. The van der Waals surface area contributed by atoms with Gasteiger partial charge in [-0.1, -0.05) is 20.8 Å². The lowest BCUT2D eigenvalue weighted by atomic mass is 9.69. The van der Waals surface area contributed by atoms with Gasteiger partial charge in [-0.05, 0) is 36.0 Å². The monoisotopic (exact) mass is 301 g/mol. The molecule has 1 aromatic heterocycles. The molecule has 3 nitrogen and oxygen atoms in total. The predicted octanol–water partition coefficient (Wildman–Crippen LogP) is 3.45. The van der Waals surface area contributed by atoms with Gasteiger partial charge < -0.3 is 11.1 Å². The van der Waals surface area contributed by atoms with E-state index >= 15 is 0 Å². The Labute approximate surface area is 125 Å². The third kappa shape index (κ3) is 2.18. The van der Waals surface area contributed by atoms with Crippen molar-refractivity contribution in [1.29, 1.82) is 0 Å². The molecule has 5 heteroatoms. The van der Waals surface area contributed by atoms with E-state index in [4.69, 9.17) is 5.73 Å². The molecule has 19 heavy (non-hydrogen) atoms. The van der Waals surface area contributed by atoms with Crippen molar-refractivity contribution in [1.82, 2.24) is 10.3 Å². The van der Waals surface area contributed by atoms with E-state index in [1.807, 2.05) is 6.20 Å². The second-order valence-corrected chi connectivity index (χ2v) is 7.86. The molecule has 0 radical (unpaired) electrons. The largest absolute Gasteiger partial charge is 0.375 e. The van der Waals surface area contributed by atoms with Gasteiger partial charge in [-0.3, -0.25) is 0 Å². The van der Waals surface area contributed by atoms with Crippen LogP contribution in [0.2, 0.25) is 0 Å². The molecular weight excluding hydrogens is 278 g/mol. The van der Waals surface area contributed by atoms with E-state index in [0.717, 1.165) is 12.5 Å². The molecule has 2 saturated carbocycles. The average Bonchev–Trinajstić information content (AvgIpc) is 2.87. The average molecular weight is 302 g/mol. The lowest BCUT2D eigenvalue weighted by molar-refractivity contribution is 0.120. The van der Waals surface area contributed by atoms with Gasteiger partial charge in [0.2, 0.25) is 0 Å². The van der Waals surface area contributed by atoms with Crippen LogP contribution in [0.15, 0.2) is 6.20 Å². The number of hydrogen-bond acceptors (Lipinski definition) is 4. The number of nitrogens with zero attached hydrogens (tertiary/aromatic N) is 1.